The number of aryl methyl sites for hydroxylation is 2. The Labute approximate surface area is 131 Å². The number of rotatable bonds is 7. The van der Waals surface area contributed by atoms with Gasteiger partial charge in [0, 0.05) is 11.8 Å². The van der Waals surface area contributed by atoms with Gasteiger partial charge in [0.25, 0.3) is 0 Å². The lowest BCUT2D eigenvalue weighted by Gasteiger charge is -2.17. The van der Waals surface area contributed by atoms with Crippen LogP contribution in [0.4, 0.5) is 0 Å². The number of nitrogens with two attached hydrogens (primary N) is 1. The van der Waals surface area contributed by atoms with Crippen molar-refractivity contribution in [3.8, 4) is 0 Å². The molecular formula is C17H25NO2S. The Balaban J connectivity index is 1.80. The molecule has 1 aromatic carbocycles. The van der Waals surface area contributed by atoms with Gasteiger partial charge in [0.15, 0.2) is 0 Å². The molecule has 0 aliphatic heterocycles. The second kappa shape index (κ2) is 6.84. The normalized spacial score (nSPS) is 17.3. The van der Waals surface area contributed by atoms with Crippen LogP contribution >= 0.6 is 11.8 Å². The van der Waals surface area contributed by atoms with Gasteiger partial charge in [-0.15, -0.1) is 0 Å². The van der Waals surface area contributed by atoms with E-state index >= 15 is 0 Å². The quantitative estimate of drug-likeness (QED) is 0.785. The Bertz CT molecular complexity index is 512. The SMILES string of the molecule is COC(=O)CC1(CSCC(N)c2ccc(C)c(C)c2)CC1. The molecule has 21 heavy (non-hydrogen) atoms. The number of carbonyl (C=O) groups is 1. The number of carbonyl (C=O) groups excluding carboxylic acids is 1. The predicted octanol–water partition coefficient (Wildman–Crippen LogP) is 3.38. The van der Waals surface area contributed by atoms with Crippen molar-refractivity contribution in [1.29, 1.82) is 0 Å². The van der Waals surface area contributed by atoms with E-state index in [9.17, 15) is 4.79 Å². The van der Waals surface area contributed by atoms with E-state index in [-0.39, 0.29) is 17.4 Å². The molecule has 1 atom stereocenters. The van der Waals surface area contributed by atoms with Crippen LogP contribution in [0.5, 0.6) is 0 Å². The Hall–Kier alpha value is -1.00. The lowest BCUT2D eigenvalue weighted by Crippen LogP contribution is -2.17. The molecule has 116 valence electrons. The second-order valence-electron chi connectivity index (χ2n) is 6.22. The summed E-state index contributed by atoms with van der Waals surface area (Å²) < 4.78 is 4.77. The third kappa shape index (κ3) is 4.48. The smallest absolute Gasteiger partial charge is 0.306 e. The van der Waals surface area contributed by atoms with Gasteiger partial charge in [-0.1, -0.05) is 18.2 Å². The van der Waals surface area contributed by atoms with Gasteiger partial charge >= 0.3 is 5.97 Å². The maximum absolute atomic E-state index is 11.4. The van der Waals surface area contributed by atoms with Crippen molar-refractivity contribution in [3.63, 3.8) is 0 Å². The van der Waals surface area contributed by atoms with Gasteiger partial charge in [-0.3, -0.25) is 4.79 Å². The summed E-state index contributed by atoms with van der Waals surface area (Å²) in [4.78, 5) is 11.4. The van der Waals surface area contributed by atoms with Crippen LogP contribution in [0.1, 0.15) is 42.0 Å². The highest BCUT2D eigenvalue weighted by molar-refractivity contribution is 7.99. The van der Waals surface area contributed by atoms with Crippen LogP contribution in [0.3, 0.4) is 0 Å². The zero-order valence-electron chi connectivity index (χ0n) is 13.1. The Morgan fingerprint density at radius 1 is 1.38 bits per heavy atom. The molecule has 0 aromatic heterocycles. The Morgan fingerprint density at radius 3 is 2.67 bits per heavy atom. The first kappa shape index (κ1) is 16.4. The van der Waals surface area contributed by atoms with E-state index in [1.165, 1.54) is 23.8 Å². The minimum Gasteiger partial charge on any atom is -0.469 e. The number of benzene rings is 1. The van der Waals surface area contributed by atoms with Crippen molar-refractivity contribution in [2.75, 3.05) is 18.6 Å². The van der Waals surface area contributed by atoms with Crippen LogP contribution in [0.25, 0.3) is 0 Å². The molecule has 0 heterocycles. The molecule has 0 amide bonds. The average molecular weight is 307 g/mol. The molecule has 2 rings (SSSR count). The van der Waals surface area contributed by atoms with E-state index in [4.69, 9.17) is 10.5 Å². The fourth-order valence-corrected chi connectivity index (χ4v) is 3.81. The minimum absolute atomic E-state index is 0.0585. The molecule has 1 unspecified atom stereocenters. The molecule has 1 aromatic rings. The van der Waals surface area contributed by atoms with Crippen LogP contribution < -0.4 is 5.73 Å². The van der Waals surface area contributed by atoms with Crippen molar-refractivity contribution in [2.24, 2.45) is 11.1 Å². The van der Waals surface area contributed by atoms with Crippen LogP contribution in [0.15, 0.2) is 18.2 Å². The van der Waals surface area contributed by atoms with Crippen molar-refractivity contribution in [2.45, 2.75) is 39.2 Å². The van der Waals surface area contributed by atoms with Crippen molar-refractivity contribution >= 4 is 17.7 Å². The summed E-state index contributed by atoms with van der Waals surface area (Å²) in [6.07, 6.45) is 2.82. The van der Waals surface area contributed by atoms with Gasteiger partial charge in [-0.2, -0.15) is 11.8 Å². The van der Waals surface area contributed by atoms with Crippen LogP contribution in [0.2, 0.25) is 0 Å². The van der Waals surface area contributed by atoms with Crippen molar-refractivity contribution in [3.05, 3.63) is 34.9 Å². The van der Waals surface area contributed by atoms with E-state index in [1.807, 2.05) is 11.8 Å². The summed E-state index contributed by atoms with van der Waals surface area (Å²) in [5.41, 5.74) is 10.2. The van der Waals surface area contributed by atoms with Crippen LogP contribution in [-0.2, 0) is 9.53 Å². The summed E-state index contributed by atoms with van der Waals surface area (Å²) in [7, 11) is 1.46. The number of hydrogen-bond donors (Lipinski definition) is 1. The summed E-state index contributed by atoms with van der Waals surface area (Å²) >= 11 is 1.86. The van der Waals surface area contributed by atoms with E-state index in [2.05, 4.69) is 32.0 Å². The first-order chi connectivity index (χ1) is 9.96. The van der Waals surface area contributed by atoms with Crippen LogP contribution in [-0.4, -0.2) is 24.6 Å². The summed E-state index contributed by atoms with van der Waals surface area (Å²) in [5.74, 6) is 1.80. The number of methoxy groups -OCH3 is 1. The molecule has 1 aliphatic carbocycles. The maximum Gasteiger partial charge on any atom is 0.306 e. The Kier molecular flexibility index (Phi) is 5.33. The Morgan fingerprint density at radius 2 is 2.10 bits per heavy atom. The second-order valence-corrected chi connectivity index (χ2v) is 7.25. The number of hydrogen-bond acceptors (Lipinski definition) is 4. The number of esters is 1. The number of ether oxygens (including phenoxy) is 1. The summed E-state index contributed by atoms with van der Waals surface area (Å²) in [5, 5.41) is 0. The van der Waals surface area contributed by atoms with Gasteiger partial charge in [0.1, 0.15) is 0 Å². The standard InChI is InChI=1S/C17H25NO2S/c1-12-4-5-14(8-13(12)2)15(18)10-21-11-17(6-7-17)9-16(19)20-3/h4-5,8,15H,6-7,9-11,18H2,1-3H3. The largest absolute Gasteiger partial charge is 0.469 e. The number of thioether (sulfide) groups is 1. The molecule has 0 radical (unpaired) electrons. The summed E-state index contributed by atoms with van der Waals surface area (Å²) in [6.45, 7) is 4.23. The van der Waals surface area contributed by atoms with Crippen LogP contribution in [0, 0.1) is 19.3 Å². The molecule has 1 saturated carbocycles. The average Bonchev–Trinajstić information content (AvgIpc) is 3.21. The lowest BCUT2D eigenvalue weighted by molar-refractivity contribution is -0.141. The first-order valence-corrected chi connectivity index (χ1v) is 8.58. The molecule has 0 saturated heterocycles. The third-order valence-corrected chi connectivity index (χ3v) is 5.78. The molecule has 2 N–H and O–H groups in total. The molecule has 1 aliphatic rings. The molecule has 1 fully saturated rings. The highest BCUT2D eigenvalue weighted by Gasteiger charge is 2.44. The van der Waals surface area contributed by atoms with Crippen molar-refractivity contribution in [1.82, 2.24) is 0 Å². The highest BCUT2D eigenvalue weighted by atomic mass is 32.2. The molecule has 0 bridgehead atoms. The van der Waals surface area contributed by atoms with Gasteiger partial charge in [-0.25, -0.2) is 0 Å². The van der Waals surface area contributed by atoms with Gasteiger partial charge in [-0.05, 0) is 54.5 Å². The van der Waals surface area contributed by atoms with Gasteiger partial charge in [0.05, 0.1) is 13.5 Å². The molecule has 0 spiro atoms. The molecule has 4 heteroatoms. The van der Waals surface area contributed by atoms with Gasteiger partial charge in [0.2, 0.25) is 0 Å². The topological polar surface area (TPSA) is 52.3 Å². The fourth-order valence-electron chi connectivity index (χ4n) is 2.42. The molecular weight excluding hydrogens is 282 g/mol. The molecule has 3 nitrogen and oxygen atoms in total. The third-order valence-electron chi connectivity index (χ3n) is 4.37. The monoisotopic (exact) mass is 307 g/mol. The lowest BCUT2D eigenvalue weighted by atomic mass is 10.0. The fraction of sp³-hybridized carbons (Fsp3) is 0.588. The maximum atomic E-state index is 11.4. The van der Waals surface area contributed by atoms with E-state index in [1.54, 1.807) is 0 Å². The van der Waals surface area contributed by atoms with Crippen molar-refractivity contribution < 1.29 is 9.53 Å². The zero-order valence-corrected chi connectivity index (χ0v) is 14.0. The first-order valence-electron chi connectivity index (χ1n) is 7.43. The predicted molar refractivity (Wildman–Crippen MR) is 88.5 cm³/mol. The zero-order chi connectivity index (χ0) is 15.5. The summed E-state index contributed by atoms with van der Waals surface area (Å²) in [6, 6.07) is 6.49. The van der Waals surface area contributed by atoms with E-state index in [0.717, 1.165) is 24.3 Å². The van der Waals surface area contributed by atoms with E-state index in [0.29, 0.717) is 6.42 Å². The minimum atomic E-state index is -0.0912. The highest BCUT2D eigenvalue weighted by Crippen LogP contribution is 2.51. The van der Waals surface area contributed by atoms with Gasteiger partial charge < -0.3 is 10.5 Å². The van der Waals surface area contributed by atoms with E-state index < -0.39 is 0 Å².